The van der Waals surface area contributed by atoms with Crippen molar-refractivity contribution in [3.05, 3.63) is 34.1 Å². The summed E-state index contributed by atoms with van der Waals surface area (Å²) < 4.78 is 48.9. The number of halogens is 5. The SMILES string of the molecule is O=C(NCCC(F)(F)F)c1cccc(Br)c1F. The molecule has 1 N–H and O–H groups in total. The average molecular weight is 314 g/mol. The smallest absolute Gasteiger partial charge is 0.352 e. The van der Waals surface area contributed by atoms with Gasteiger partial charge in [0.25, 0.3) is 5.91 Å². The molecule has 1 aromatic rings. The highest BCUT2D eigenvalue weighted by atomic mass is 79.9. The molecule has 94 valence electrons. The number of hydrogen-bond donors (Lipinski definition) is 1. The zero-order chi connectivity index (χ0) is 13.1. The van der Waals surface area contributed by atoms with Crippen LogP contribution in [0.4, 0.5) is 17.6 Å². The van der Waals surface area contributed by atoms with Gasteiger partial charge in [-0.1, -0.05) is 6.07 Å². The number of carbonyl (C=O) groups excluding carboxylic acids is 1. The van der Waals surface area contributed by atoms with E-state index in [-0.39, 0.29) is 10.0 Å². The van der Waals surface area contributed by atoms with E-state index in [4.69, 9.17) is 0 Å². The first-order chi connectivity index (χ1) is 7.81. The fraction of sp³-hybridized carbons (Fsp3) is 0.300. The van der Waals surface area contributed by atoms with Crippen molar-refractivity contribution < 1.29 is 22.4 Å². The summed E-state index contributed by atoms with van der Waals surface area (Å²) in [5, 5.41) is 2.00. The Bertz CT molecular complexity index is 419. The van der Waals surface area contributed by atoms with Gasteiger partial charge in [-0.05, 0) is 28.1 Å². The zero-order valence-corrected chi connectivity index (χ0v) is 10.0. The van der Waals surface area contributed by atoms with Crippen LogP contribution in [0.3, 0.4) is 0 Å². The summed E-state index contributed by atoms with van der Waals surface area (Å²) in [6.45, 7) is -0.575. The third kappa shape index (κ3) is 4.33. The molecule has 2 nitrogen and oxygen atoms in total. The van der Waals surface area contributed by atoms with E-state index in [1.807, 2.05) is 5.32 Å². The van der Waals surface area contributed by atoms with Crippen LogP contribution in [0.2, 0.25) is 0 Å². The monoisotopic (exact) mass is 313 g/mol. The van der Waals surface area contributed by atoms with Gasteiger partial charge < -0.3 is 5.32 Å². The summed E-state index contributed by atoms with van der Waals surface area (Å²) in [4.78, 5) is 11.4. The Hall–Kier alpha value is -1.11. The Balaban J connectivity index is 2.62. The minimum Gasteiger partial charge on any atom is -0.352 e. The minimum absolute atomic E-state index is 0.0842. The molecule has 0 unspecified atom stereocenters. The van der Waals surface area contributed by atoms with Gasteiger partial charge in [0.1, 0.15) is 5.82 Å². The van der Waals surface area contributed by atoms with Crippen molar-refractivity contribution in [2.24, 2.45) is 0 Å². The third-order valence-electron chi connectivity index (χ3n) is 1.89. The van der Waals surface area contributed by atoms with E-state index in [0.717, 1.165) is 0 Å². The first kappa shape index (κ1) is 14.0. The molecule has 0 atom stereocenters. The molecule has 0 bridgehead atoms. The first-order valence-corrected chi connectivity index (χ1v) is 5.39. The van der Waals surface area contributed by atoms with Crippen LogP contribution in [0.15, 0.2) is 22.7 Å². The van der Waals surface area contributed by atoms with Crippen molar-refractivity contribution in [1.82, 2.24) is 5.32 Å². The number of carbonyl (C=O) groups is 1. The molecule has 0 aromatic heterocycles. The van der Waals surface area contributed by atoms with Crippen LogP contribution in [0.1, 0.15) is 16.8 Å². The lowest BCUT2D eigenvalue weighted by Gasteiger charge is -2.08. The molecule has 1 aromatic carbocycles. The van der Waals surface area contributed by atoms with Gasteiger partial charge >= 0.3 is 6.18 Å². The summed E-state index contributed by atoms with van der Waals surface area (Å²) in [5.74, 6) is -1.66. The Labute approximate surface area is 103 Å². The van der Waals surface area contributed by atoms with Crippen LogP contribution in [0, 0.1) is 5.82 Å². The molecule has 0 radical (unpaired) electrons. The molecule has 17 heavy (non-hydrogen) atoms. The molecule has 0 heterocycles. The Morgan fingerprint density at radius 2 is 2.00 bits per heavy atom. The normalized spacial score (nSPS) is 11.4. The third-order valence-corrected chi connectivity index (χ3v) is 2.50. The lowest BCUT2D eigenvalue weighted by molar-refractivity contribution is -0.132. The van der Waals surface area contributed by atoms with E-state index in [1.54, 1.807) is 0 Å². The molecule has 7 heteroatoms. The van der Waals surface area contributed by atoms with Crippen LogP contribution in [0.25, 0.3) is 0 Å². The number of alkyl halides is 3. The van der Waals surface area contributed by atoms with Gasteiger partial charge in [-0.3, -0.25) is 4.79 Å². The topological polar surface area (TPSA) is 29.1 Å². The number of rotatable bonds is 3. The second-order valence-electron chi connectivity index (χ2n) is 3.22. The highest BCUT2D eigenvalue weighted by Crippen LogP contribution is 2.20. The van der Waals surface area contributed by atoms with E-state index in [0.29, 0.717) is 0 Å². The largest absolute Gasteiger partial charge is 0.390 e. The molecule has 1 amide bonds. The van der Waals surface area contributed by atoms with Gasteiger partial charge in [0.15, 0.2) is 0 Å². The molecule has 0 saturated carbocycles. The van der Waals surface area contributed by atoms with Crippen LogP contribution < -0.4 is 5.32 Å². The van der Waals surface area contributed by atoms with Gasteiger partial charge in [0, 0.05) is 6.54 Å². The Morgan fingerprint density at radius 3 is 2.59 bits per heavy atom. The molecular formula is C10H8BrF4NO. The van der Waals surface area contributed by atoms with Crippen molar-refractivity contribution in [3.8, 4) is 0 Å². The number of benzene rings is 1. The van der Waals surface area contributed by atoms with Crippen molar-refractivity contribution in [1.29, 1.82) is 0 Å². The van der Waals surface area contributed by atoms with E-state index < -0.39 is 30.9 Å². The second kappa shape index (κ2) is 5.48. The van der Waals surface area contributed by atoms with Crippen LogP contribution in [-0.2, 0) is 0 Å². The zero-order valence-electron chi connectivity index (χ0n) is 8.44. The second-order valence-corrected chi connectivity index (χ2v) is 4.08. The maximum Gasteiger partial charge on any atom is 0.390 e. The summed E-state index contributed by atoms with van der Waals surface area (Å²) in [6, 6.07) is 4.01. The van der Waals surface area contributed by atoms with Gasteiger partial charge in [-0.15, -0.1) is 0 Å². The lowest BCUT2D eigenvalue weighted by Crippen LogP contribution is -2.28. The number of nitrogens with one attached hydrogen (secondary N) is 1. The van der Waals surface area contributed by atoms with Crippen molar-refractivity contribution in [2.75, 3.05) is 6.54 Å². The Kier molecular flexibility index (Phi) is 4.50. The maximum absolute atomic E-state index is 13.4. The highest BCUT2D eigenvalue weighted by Gasteiger charge is 2.26. The van der Waals surface area contributed by atoms with E-state index in [1.165, 1.54) is 18.2 Å². The summed E-state index contributed by atoms with van der Waals surface area (Å²) >= 11 is 2.88. The maximum atomic E-state index is 13.4. The van der Waals surface area contributed by atoms with Crippen molar-refractivity contribution in [3.63, 3.8) is 0 Å². The molecule has 0 aliphatic carbocycles. The molecule has 0 fully saturated rings. The minimum atomic E-state index is -4.34. The van der Waals surface area contributed by atoms with E-state index in [2.05, 4.69) is 15.9 Å². The predicted octanol–water partition coefficient (Wildman–Crippen LogP) is 3.27. The molecule has 0 aliphatic heterocycles. The molecule has 0 saturated heterocycles. The van der Waals surface area contributed by atoms with Gasteiger partial charge in [-0.25, -0.2) is 4.39 Å². The highest BCUT2D eigenvalue weighted by molar-refractivity contribution is 9.10. The molecular weight excluding hydrogens is 306 g/mol. The number of amides is 1. The van der Waals surface area contributed by atoms with Crippen LogP contribution >= 0.6 is 15.9 Å². The first-order valence-electron chi connectivity index (χ1n) is 4.60. The molecule has 0 aliphatic rings. The summed E-state index contributed by atoms with van der Waals surface area (Å²) in [7, 11) is 0. The van der Waals surface area contributed by atoms with Crippen LogP contribution in [-0.4, -0.2) is 18.6 Å². The Morgan fingerprint density at radius 1 is 1.35 bits per heavy atom. The standard InChI is InChI=1S/C10H8BrF4NO/c11-7-3-1-2-6(8(7)12)9(17)16-5-4-10(13,14)15/h1-3H,4-5H2,(H,16,17). The predicted molar refractivity (Wildman–Crippen MR) is 57.1 cm³/mol. The van der Waals surface area contributed by atoms with Gasteiger partial charge in [-0.2, -0.15) is 13.2 Å². The number of hydrogen-bond acceptors (Lipinski definition) is 1. The van der Waals surface area contributed by atoms with Crippen molar-refractivity contribution >= 4 is 21.8 Å². The average Bonchev–Trinajstić information content (AvgIpc) is 2.20. The summed E-state index contributed by atoms with van der Waals surface area (Å²) in [6.07, 6.45) is -5.49. The fourth-order valence-corrected chi connectivity index (χ4v) is 1.46. The lowest BCUT2D eigenvalue weighted by atomic mass is 10.2. The van der Waals surface area contributed by atoms with E-state index in [9.17, 15) is 22.4 Å². The molecule has 0 spiro atoms. The molecule has 1 rings (SSSR count). The fourth-order valence-electron chi connectivity index (χ4n) is 1.09. The summed E-state index contributed by atoms with van der Waals surface area (Å²) in [5.41, 5.74) is -0.290. The van der Waals surface area contributed by atoms with E-state index >= 15 is 0 Å². The van der Waals surface area contributed by atoms with Gasteiger partial charge in [0.2, 0.25) is 0 Å². The quantitative estimate of drug-likeness (QED) is 0.853. The van der Waals surface area contributed by atoms with Crippen LogP contribution in [0.5, 0.6) is 0 Å². The van der Waals surface area contributed by atoms with Crippen molar-refractivity contribution in [2.45, 2.75) is 12.6 Å². The van der Waals surface area contributed by atoms with Gasteiger partial charge in [0.05, 0.1) is 16.5 Å².